The Bertz CT molecular complexity index is 560. The van der Waals surface area contributed by atoms with Crippen LogP contribution >= 0.6 is 0 Å². The van der Waals surface area contributed by atoms with Crippen molar-refractivity contribution in [2.75, 3.05) is 7.05 Å². The predicted molar refractivity (Wildman–Crippen MR) is 70.3 cm³/mol. The number of carbonyl (C=O) groups is 1. The van der Waals surface area contributed by atoms with Crippen LogP contribution in [0.3, 0.4) is 0 Å². The van der Waals surface area contributed by atoms with Crippen LogP contribution in [0.25, 0.3) is 0 Å². The van der Waals surface area contributed by atoms with E-state index in [4.69, 9.17) is 0 Å². The van der Waals surface area contributed by atoms with Crippen molar-refractivity contribution in [2.24, 2.45) is 0 Å². The Labute approximate surface area is 107 Å². The fourth-order valence-electron chi connectivity index (χ4n) is 1.84. The Morgan fingerprint density at radius 3 is 2.67 bits per heavy atom. The molecule has 1 aromatic carbocycles. The number of aromatic amines is 1. The van der Waals surface area contributed by atoms with E-state index in [1.54, 1.807) is 18.0 Å². The fraction of sp³-hybridized carbons (Fsp3) is 0.286. The number of carbonyl (C=O) groups excluding carboxylic acids is 1. The Morgan fingerprint density at radius 1 is 1.33 bits per heavy atom. The molecule has 0 saturated heterocycles. The van der Waals surface area contributed by atoms with Gasteiger partial charge in [0.2, 0.25) is 0 Å². The molecule has 0 spiro atoms. The van der Waals surface area contributed by atoms with Gasteiger partial charge < -0.3 is 4.90 Å². The van der Waals surface area contributed by atoms with Gasteiger partial charge in [-0.1, -0.05) is 24.3 Å². The molecule has 0 atom stereocenters. The minimum Gasteiger partial charge on any atom is -0.336 e. The highest BCUT2D eigenvalue weighted by atomic mass is 16.2. The smallest absolute Gasteiger partial charge is 0.274 e. The maximum Gasteiger partial charge on any atom is 0.274 e. The molecule has 2 rings (SSSR count). The molecule has 1 aromatic heterocycles. The van der Waals surface area contributed by atoms with Crippen molar-refractivity contribution in [3.8, 4) is 0 Å². The van der Waals surface area contributed by atoms with Crippen LogP contribution in [-0.4, -0.2) is 28.1 Å². The molecule has 1 N–H and O–H groups in total. The van der Waals surface area contributed by atoms with Gasteiger partial charge in [-0.2, -0.15) is 5.10 Å². The second kappa shape index (κ2) is 5.04. The molecule has 0 bridgehead atoms. The molecule has 0 unspecified atom stereocenters. The molecule has 4 heteroatoms. The first-order valence-corrected chi connectivity index (χ1v) is 5.90. The van der Waals surface area contributed by atoms with Crippen molar-refractivity contribution in [3.63, 3.8) is 0 Å². The number of hydrogen-bond acceptors (Lipinski definition) is 2. The van der Waals surface area contributed by atoms with E-state index in [9.17, 15) is 4.79 Å². The topological polar surface area (TPSA) is 49.0 Å². The Kier molecular flexibility index (Phi) is 3.46. The van der Waals surface area contributed by atoms with Crippen LogP contribution < -0.4 is 0 Å². The zero-order valence-electron chi connectivity index (χ0n) is 10.9. The number of rotatable bonds is 3. The first-order valence-electron chi connectivity index (χ1n) is 5.90. The molecule has 0 fully saturated rings. The molecule has 0 aliphatic carbocycles. The molecule has 2 aromatic rings. The Morgan fingerprint density at radius 2 is 2.06 bits per heavy atom. The van der Waals surface area contributed by atoms with Crippen LogP contribution in [0.5, 0.6) is 0 Å². The van der Waals surface area contributed by atoms with E-state index in [0.717, 1.165) is 11.3 Å². The molecule has 0 radical (unpaired) electrons. The molecule has 94 valence electrons. The average Bonchev–Trinajstić information content (AvgIpc) is 2.78. The zero-order valence-corrected chi connectivity index (χ0v) is 10.9. The third-order valence-corrected chi connectivity index (χ3v) is 2.94. The Hall–Kier alpha value is -2.10. The lowest BCUT2D eigenvalue weighted by molar-refractivity contribution is 0.0779. The second-order valence-corrected chi connectivity index (χ2v) is 4.52. The average molecular weight is 243 g/mol. The van der Waals surface area contributed by atoms with Crippen LogP contribution in [0.15, 0.2) is 30.3 Å². The molecular weight excluding hydrogens is 226 g/mol. The molecule has 0 saturated carbocycles. The van der Waals surface area contributed by atoms with E-state index < -0.39 is 0 Å². The van der Waals surface area contributed by atoms with Gasteiger partial charge in [0.15, 0.2) is 0 Å². The molecular formula is C14H17N3O. The summed E-state index contributed by atoms with van der Waals surface area (Å²) in [5.41, 5.74) is 3.70. The van der Waals surface area contributed by atoms with Crippen molar-refractivity contribution in [3.05, 3.63) is 52.8 Å². The van der Waals surface area contributed by atoms with E-state index in [2.05, 4.69) is 10.2 Å². The van der Waals surface area contributed by atoms with E-state index in [-0.39, 0.29) is 5.91 Å². The highest BCUT2D eigenvalue weighted by molar-refractivity contribution is 5.92. The lowest BCUT2D eigenvalue weighted by Crippen LogP contribution is -2.26. The number of aromatic nitrogens is 2. The fourth-order valence-corrected chi connectivity index (χ4v) is 1.84. The second-order valence-electron chi connectivity index (χ2n) is 4.52. The van der Waals surface area contributed by atoms with E-state index in [1.165, 1.54) is 5.56 Å². The summed E-state index contributed by atoms with van der Waals surface area (Å²) in [6.45, 7) is 4.52. The highest BCUT2D eigenvalue weighted by Gasteiger charge is 2.15. The minimum absolute atomic E-state index is 0.0670. The first kappa shape index (κ1) is 12.4. The van der Waals surface area contributed by atoms with Crippen molar-refractivity contribution in [1.82, 2.24) is 15.1 Å². The zero-order chi connectivity index (χ0) is 13.1. The summed E-state index contributed by atoms with van der Waals surface area (Å²) in [6, 6.07) is 9.83. The lowest BCUT2D eigenvalue weighted by atomic mass is 10.1. The van der Waals surface area contributed by atoms with Gasteiger partial charge in [-0.3, -0.25) is 9.89 Å². The van der Waals surface area contributed by atoms with Crippen LogP contribution in [-0.2, 0) is 6.54 Å². The molecule has 4 nitrogen and oxygen atoms in total. The quantitative estimate of drug-likeness (QED) is 0.899. The van der Waals surface area contributed by atoms with Crippen molar-refractivity contribution in [1.29, 1.82) is 0 Å². The maximum atomic E-state index is 12.1. The normalized spacial score (nSPS) is 10.4. The van der Waals surface area contributed by atoms with Gasteiger partial charge in [0.1, 0.15) is 5.69 Å². The summed E-state index contributed by atoms with van der Waals surface area (Å²) in [7, 11) is 1.79. The van der Waals surface area contributed by atoms with Gasteiger partial charge >= 0.3 is 0 Å². The van der Waals surface area contributed by atoms with Crippen LogP contribution in [0.4, 0.5) is 0 Å². The van der Waals surface area contributed by atoms with Crippen LogP contribution in [0, 0.1) is 13.8 Å². The third kappa shape index (κ3) is 2.59. The summed E-state index contributed by atoms with van der Waals surface area (Å²) in [4.78, 5) is 13.8. The van der Waals surface area contributed by atoms with Crippen molar-refractivity contribution in [2.45, 2.75) is 20.4 Å². The number of amides is 1. The number of nitrogens with zero attached hydrogens (tertiary/aromatic N) is 2. The van der Waals surface area contributed by atoms with Gasteiger partial charge in [-0.25, -0.2) is 0 Å². The van der Waals surface area contributed by atoms with Crippen molar-refractivity contribution >= 4 is 5.91 Å². The minimum atomic E-state index is -0.0670. The number of hydrogen-bond donors (Lipinski definition) is 1. The summed E-state index contributed by atoms with van der Waals surface area (Å²) in [5.74, 6) is -0.0670. The summed E-state index contributed by atoms with van der Waals surface area (Å²) < 4.78 is 0. The number of H-pyrrole nitrogens is 1. The number of nitrogens with one attached hydrogen (secondary N) is 1. The number of benzene rings is 1. The van der Waals surface area contributed by atoms with E-state index in [1.807, 2.05) is 38.1 Å². The van der Waals surface area contributed by atoms with Gasteiger partial charge in [0.05, 0.1) is 0 Å². The number of aryl methyl sites for hydroxylation is 2. The van der Waals surface area contributed by atoms with E-state index in [0.29, 0.717) is 12.2 Å². The van der Waals surface area contributed by atoms with Gasteiger partial charge in [0, 0.05) is 19.3 Å². The maximum absolute atomic E-state index is 12.1. The van der Waals surface area contributed by atoms with Crippen LogP contribution in [0.2, 0.25) is 0 Å². The molecule has 0 aliphatic rings. The molecule has 1 amide bonds. The SMILES string of the molecule is Cc1cc(C(=O)N(C)Cc2ccccc2C)n[nH]1. The van der Waals surface area contributed by atoms with Gasteiger partial charge in [0.25, 0.3) is 5.91 Å². The summed E-state index contributed by atoms with van der Waals surface area (Å²) in [6.07, 6.45) is 0. The van der Waals surface area contributed by atoms with Gasteiger partial charge in [-0.05, 0) is 31.0 Å². The molecule has 18 heavy (non-hydrogen) atoms. The monoisotopic (exact) mass is 243 g/mol. The van der Waals surface area contributed by atoms with Gasteiger partial charge in [-0.15, -0.1) is 0 Å². The van der Waals surface area contributed by atoms with Crippen LogP contribution in [0.1, 0.15) is 27.3 Å². The highest BCUT2D eigenvalue weighted by Crippen LogP contribution is 2.11. The van der Waals surface area contributed by atoms with Crippen molar-refractivity contribution < 1.29 is 4.79 Å². The predicted octanol–water partition coefficient (Wildman–Crippen LogP) is 2.30. The summed E-state index contributed by atoms with van der Waals surface area (Å²) in [5, 5.41) is 6.77. The van der Waals surface area contributed by atoms with E-state index >= 15 is 0 Å². The Balaban J connectivity index is 2.11. The molecule has 0 aliphatic heterocycles. The third-order valence-electron chi connectivity index (χ3n) is 2.94. The molecule has 1 heterocycles. The summed E-state index contributed by atoms with van der Waals surface area (Å²) >= 11 is 0. The largest absolute Gasteiger partial charge is 0.336 e. The lowest BCUT2D eigenvalue weighted by Gasteiger charge is -2.17. The first-order chi connectivity index (χ1) is 8.58. The standard InChI is InChI=1S/C14H17N3O/c1-10-6-4-5-7-12(10)9-17(3)14(18)13-8-11(2)15-16-13/h4-8H,9H2,1-3H3,(H,15,16).